The van der Waals surface area contributed by atoms with Crippen molar-refractivity contribution in [3.8, 4) is 17.0 Å². The number of benzene rings is 1. The molecule has 25 heavy (non-hydrogen) atoms. The molecule has 0 spiro atoms. The summed E-state index contributed by atoms with van der Waals surface area (Å²) >= 11 is 0. The van der Waals surface area contributed by atoms with Crippen LogP contribution in [0.15, 0.2) is 24.3 Å². The predicted molar refractivity (Wildman–Crippen MR) is 98.5 cm³/mol. The van der Waals surface area contributed by atoms with Crippen LogP contribution in [-0.2, 0) is 4.79 Å². The fourth-order valence-electron chi connectivity index (χ4n) is 3.55. The molecule has 1 atom stereocenters. The number of aromatic amines is 1. The van der Waals surface area contributed by atoms with Gasteiger partial charge in [-0.05, 0) is 43.4 Å². The van der Waals surface area contributed by atoms with Crippen LogP contribution in [0, 0.1) is 12.8 Å². The number of nitrogens with one attached hydrogen (secondary N) is 2. The third kappa shape index (κ3) is 3.85. The average Bonchev–Trinajstić information content (AvgIpc) is 3.03. The summed E-state index contributed by atoms with van der Waals surface area (Å²) in [6, 6.07) is 7.22. The summed E-state index contributed by atoms with van der Waals surface area (Å²) in [4.78, 5) is 12.4. The van der Waals surface area contributed by atoms with Crippen LogP contribution in [0.3, 0.4) is 0 Å². The topological polar surface area (TPSA) is 93.0 Å². The van der Waals surface area contributed by atoms with Gasteiger partial charge in [0.2, 0.25) is 11.8 Å². The maximum Gasteiger partial charge on any atom is 0.241 e. The van der Waals surface area contributed by atoms with E-state index in [1.54, 1.807) is 7.11 Å². The van der Waals surface area contributed by atoms with Crippen molar-refractivity contribution >= 4 is 11.6 Å². The van der Waals surface area contributed by atoms with E-state index in [1.165, 1.54) is 19.3 Å². The molecule has 1 heterocycles. The summed E-state index contributed by atoms with van der Waals surface area (Å²) in [5.41, 5.74) is 9.77. The third-order valence-corrected chi connectivity index (χ3v) is 5.01. The van der Waals surface area contributed by atoms with E-state index in [1.807, 2.05) is 31.2 Å². The zero-order valence-electron chi connectivity index (χ0n) is 14.8. The van der Waals surface area contributed by atoms with Crippen molar-refractivity contribution in [1.82, 2.24) is 10.2 Å². The highest BCUT2D eigenvalue weighted by atomic mass is 16.5. The number of methoxy groups -OCH3 is 1. The number of aryl methyl sites for hydroxylation is 1. The maximum atomic E-state index is 12.4. The van der Waals surface area contributed by atoms with Crippen LogP contribution in [-0.4, -0.2) is 29.3 Å². The molecule has 1 aliphatic rings. The molecule has 3 rings (SSSR count). The van der Waals surface area contributed by atoms with Crippen LogP contribution in [0.2, 0.25) is 0 Å². The first-order valence-corrected chi connectivity index (χ1v) is 8.86. The van der Waals surface area contributed by atoms with Gasteiger partial charge in [-0.3, -0.25) is 9.89 Å². The van der Waals surface area contributed by atoms with Crippen molar-refractivity contribution in [2.75, 3.05) is 12.4 Å². The molecule has 1 saturated carbocycles. The molecule has 1 fully saturated rings. The van der Waals surface area contributed by atoms with Gasteiger partial charge in [0.25, 0.3) is 0 Å². The Morgan fingerprint density at radius 3 is 2.60 bits per heavy atom. The first-order valence-electron chi connectivity index (χ1n) is 8.86. The number of hydrogen-bond acceptors (Lipinski definition) is 4. The Hall–Kier alpha value is -2.34. The molecule has 1 aliphatic carbocycles. The van der Waals surface area contributed by atoms with Crippen LogP contribution < -0.4 is 15.8 Å². The molecular weight excluding hydrogens is 316 g/mol. The van der Waals surface area contributed by atoms with Crippen LogP contribution in [0.25, 0.3) is 11.1 Å². The zero-order chi connectivity index (χ0) is 17.8. The summed E-state index contributed by atoms with van der Waals surface area (Å²) in [6.07, 6.45) is 5.70. The van der Waals surface area contributed by atoms with Gasteiger partial charge >= 0.3 is 0 Å². The van der Waals surface area contributed by atoms with Crippen LogP contribution in [0.4, 0.5) is 5.69 Å². The fraction of sp³-hybridized carbons (Fsp3) is 0.474. The number of nitrogens with two attached hydrogens (primary N) is 1. The Balaban J connectivity index is 1.68. The van der Waals surface area contributed by atoms with Gasteiger partial charge in [-0.1, -0.05) is 31.4 Å². The lowest BCUT2D eigenvalue weighted by Gasteiger charge is -2.26. The monoisotopic (exact) mass is 342 g/mol. The SMILES string of the molecule is COc1n[nH]c(C)c1-c1ccc(NC(=O)C(N)C2CCCCC2)cc1. The van der Waals surface area contributed by atoms with Crippen LogP contribution >= 0.6 is 0 Å². The Kier molecular flexibility index (Phi) is 5.38. The number of nitrogens with zero attached hydrogens (tertiary/aromatic N) is 1. The molecule has 1 aromatic heterocycles. The maximum absolute atomic E-state index is 12.4. The highest BCUT2D eigenvalue weighted by Gasteiger charge is 2.26. The smallest absolute Gasteiger partial charge is 0.241 e. The highest BCUT2D eigenvalue weighted by Crippen LogP contribution is 2.32. The number of hydrogen-bond donors (Lipinski definition) is 3. The molecule has 6 nitrogen and oxygen atoms in total. The molecule has 4 N–H and O–H groups in total. The summed E-state index contributed by atoms with van der Waals surface area (Å²) in [7, 11) is 1.60. The fourth-order valence-corrected chi connectivity index (χ4v) is 3.55. The largest absolute Gasteiger partial charge is 0.479 e. The quantitative estimate of drug-likeness (QED) is 0.777. The average molecular weight is 342 g/mol. The van der Waals surface area contributed by atoms with Crippen molar-refractivity contribution in [3.05, 3.63) is 30.0 Å². The normalized spacial score (nSPS) is 16.4. The molecule has 0 aliphatic heterocycles. The Morgan fingerprint density at radius 2 is 1.96 bits per heavy atom. The van der Waals surface area contributed by atoms with Crippen molar-refractivity contribution in [2.45, 2.75) is 45.1 Å². The van der Waals surface area contributed by atoms with E-state index >= 15 is 0 Å². The van der Waals surface area contributed by atoms with Crippen LogP contribution in [0.5, 0.6) is 5.88 Å². The number of amides is 1. The number of aromatic nitrogens is 2. The van der Waals surface area contributed by atoms with Gasteiger partial charge in [0.1, 0.15) is 0 Å². The van der Waals surface area contributed by atoms with Crippen molar-refractivity contribution in [3.63, 3.8) is 0 Å². The Bertz CT molecular complexity index is 718. The molecule has 6 heteroatoms. The molecule has 0 bridgehead atoms. The number of H-pyrrole nitrogens is 1. The second-order valence-electron chi connectivity index (χ2n) is 6.72. The predicted octanol–water partition coefficient (Wildman–Crippen LogP) is 3.24. The van der Waals surface area contributed by atoms with E-state index < -0.39 is 6.04 Å². The van der Waals surface area contributed by atoms with Gasteiger partial charge in [0, 0.05) is 11.4 Å². The van der Waals surface area contributed by atoms with E-state index in [4.69, 9.17) is 10.5 Å². The van der Waals surface area contributed by atoms with Crippen molar-refractivity contribution in [2.24, 2.45) is 11.7 Å². The molecule has 0 radical (unpaired) electrons. The lowest BCUT2D eigenvalue weighted by Crippen LogP contribution is -2.42. The van der Waals surface area contributed by atoms with Gasteiger partial charge in [-0.15, -0.1) is 5.10 Å². The Morgan fingerprint density at radius 1 is 1.28 bits per heavy atom. The standard InChI is InChI=1S/C19H26N4O2/c1-12-16(19(25-2)23-22-12)13-8-10-15(11-9-13)21-18(24)17(20)14-6-4-3-5-7-14/h8-11,14,17H,3-7,20H2,1-2H3,(H,21,24)(H,22,23). The number of carbonyl (C=O) groups is 1. The summed E-state index contributed by atoms with van der Waals surface area (Å²) in [5.74, 6) is 0.760. The number of carbonyl (C=O) groups excluding carboxylic acids is 1. The van der Waals surface area contributed by atoms with Crippen molar-refractivity contribution < 1.29 is 9.53 Å². The van der Waals surface area contributed by atoms with Gasteiger partial charge in [-0.25, -0.2) is 0 Å². The Labute approximate surface area is 148 Å². The molecule has 1 aromatic carbocycles. The first-order chi connectivity index (χ1) is 12.1. The molecule has 1 amide bonds. The van der Waals surface area contributed by atoms with Gasteiger partial charge < -0.3 is 15.8 Å². The van der Waals surface area contributed by atoms with E-state index in [-0.39, 0.29) is 5.91 Å². The van der Waals surface area contributed by atoms with Gasteiger partial charge in [-0.2, -0.15) is 0 Å². The molecule has 1 unspecified atom stereocenters. The molecule has 2 aromatic rings. The van der Waals surface area contributed by atoms with Gasteiger partial charge in [0.15, 0.2) is 0 Å². The summed E-state index contributed by atoms with van der Waals surface area (Å²) in [6.45, 7) is 1.95. The summed E-state index contributed by atoms with van der Waals surface area (Å²) in [5, 5.41) is 9.98. The minimum atomic E-state index is -0.434. The zero-order valence-corrected chi connectivity index (χ0v) is 14.8. The van der Waals surface area contributed by atoms with E-state index in [2.05, 4.69) is 15.5 Å². The lowest BCUT2D eigenvalue weighted by atomic mass is 9.84. The summed E-state index contributed by atoms with van der Waals surface area (Å²) < 4.78 is 5.29. The van der Waals surface area contributed by atoms with Crippen LogP contribution in [0.1, 0.15) is 37.8 Å². The minimum Gasteiger partial charge on any atom is -0.479 e. The lowest BCUT2D eigenvalue weighted by molar-refractivity contribution is -0.118. The molecular formula is C19H26N4O2. The molecule has 0 saturated heterocycles. The van der Waals surface area contributed by atoms with Crippen molar-refractivity contribution in [1.29, 1.82) is 0 Å². The van der Waals surface area contributed by atoms with Gasteiger partial charge in [0.05, 0.1) is 18.7 Å². The minimum absolute atomic E-state index is 0.100. The second-order valence-corrected chi connectivity index (χ2v) is 6.72. The number of rotatable bonds is 5. The van der Waals surface area contributed by atoms with E-state index in [0.717, 1.165) is 35.3 Å². The first kappa shape index (κ1) is 17.5. The van der Waals surface area contributed by atoms with E-state index in [9.17, 15) is 4.79 Å². The molecule has 134 valence electrons. The second kappa shape index (κ2) is 7.70. The number of ether oxygens (including phenoxy) is 1. The number of anilines is 1. The van der Waals surface area contributed by atoms with E-state index in [0.29, 0.717) is 11.8 Å². The third-order valence-electron chi connectivity index (χ3n) is 5.01. The highest BCUT2D eigenvalue weighted by molar-refractivity contribution is 5.95.